The van der Waals surface area contributed by atoms with Crippen molar-refractivity contribution in [1.29, 1.82) is 0 Å². The smallest absolute Gasteiger partial charge is 0.405 e. The number of hydrogen-bond donors (Lipinski definition) is 0. The molecule has 2 aromatic rings. The summed E-state index contributed by atoms with van der Waals surface area (Å²) in [5.74, 6) is -1.29. The van der Waals surface area contributed by atoms with E-state index in [2.05, 4.69) is 4.74 Å². The molecule has 0 radical (unpaired) electrons. The number of sulfone groups is 1. The van der Waals surface area contributed by atoms with Gasteiger partial charge in [-0.25, -0.2) is 8.42 Å². The minimum absolute atomic E-state index is 0.123. The van der Waals surface area contributed by atoms with Crippen LogP contribution in [0.4, 0.5) is 13.2 Å². The van der Waals surface area contributed by atoms with Crippen LogP contribution in [0.5, 0.6) is 5.75 Å². The Labute approximate surface area is 161 Å². The highest BCUT2D eigenvalue weighted by molar-refractivity contribution is 7.91. The highest BCUT2D eigenvalue weighted by Gasteiger charge is 2.32. The number of hydrogen-bond acceptors (Lipinski definition) is 4. The second kappa shape index (κ2) is 8.64. The Bertz CT molecular complexity index is 925. The second-order valence-electron chi connectivity index (χ2n) is 6.29. The van der Waals surface area contributed by atoms with Gasteiger partial charge >= 0.3 is 6.36 Å². The van der Waals surface area contributed by atoms with Crippen molar-refractivity contribution in [3.8, 4) is 5.75 Å². The predicted molar refractivity (Wildman–Crippen MR) is 97.4 cm³/mol. The molecule has 9 heteroatoms. The van der Waals surface area contributed by atoms with Crippen molar-refractivity contribution in [2.75, 3.05) is 12.8 Å². The number of alkyl halides is 3. The molecule has 5 nitrogen and oxygen atoms in total. The van der Waals surface area contributed by atoms with E-state index in [-0.39, 0.29) is 29.2 Å². The van der Waals surface area contributed by atoms with Gasteiger partial charge in [-0.15, -0.1) is 13.2 Å². The molecule has 0 aliphatic heterocycles. The van der Waals surface area contributed by atoms with Gasteiger partial charge in [0.15, 0.2) is 9.84 Å². The number of benzene rings is 2. The summed E-state index contributed by atoms with van der Waals surface area (Å²) in [5, 5.41) is 0. The summed E-state index contributed by atoms with van der Waals surface area (Å²) in [6.07, 6.45) is -5.13. The maximum Gasteiger partial charge on any atom is 0.573 e. The minimum Gasteiger partial charge on any atom is -0.405 e. The SMILES string of the molecule is Cc1ccc(S(=O)(=O)CCC(=O)N(C)Cc2ccccc2OC(F)(F)F)cc1. The van der Waals surface area contributed by atoms with Crippen LogP contribution in [0.25, 0.3) is 0 Å². The summed E-state index contributed by atoms with van der Waals surface area (Å²) >= 11 is 0. The molecule has 0 aromatic heterocycles. The molecule has 1 amide bonds. The van der Waals surface area contributed by atoms with Crippen molar-refractivity contribution >= 4 is 15.7 Å². The zero-order chi connectivity index (χ0) is 20.9. The summed E-state index contributed by atoms with van der Waals surface area (Å²) in [7, 11) is -2.24. The molecule has 0 aliphatic carbocycles. The van der Waals surface area contributed by atoms with Gasteiger partial charge in [-0.05, 0) is 25.1 Å². The molecule has 2 aromatic carbocycles. The lowest BCUT2D eigenvalue weighted by Crippen LogP contribution is -2.28. The van der Waals surface area contributed by atoms with Crippen LogP contribution in [-0.2, 0) is 21.2 Å². The van der Waals surface area contributed by atoms with Crippen LogP contribution in [0.3, 0.4) is 0 Å². The van der Waals surface area contributed by atoms with Gasteiger partial charge in [0, 0.05) is 25.6 Å². The normalized spacial score (nSPS) is 11.9. The molecule has 0 heterocycles. The molecule has 0 saturated carbocycles. The van der Waals surface area contributed by atoms with Crippen LogP contribution in [-0.4, -0.2) is 38.4 Å². The number of carbonyl (C=O) groups is 1. The molecule has 0 fully saturated rings. The average Bonchev–Trinajstić information content (AvgIpc) is 2.60. The van der Waals surface area contributed by atoms with Crippen LogP contribution in [0.2, 0.25) is 0 Å². The molecule has 0 bridgehead atoms. The zero-order valence-electron chi connectivity index (χ0n) is 15.4. The lowest BCUT2D eigenvalue weighted by molar-refractivity contribution is -0.275. The summed E-state index contributed by atoms with van der Waals surface area (Å²) in [4.78, 5) is 13.6. The van der Waals surface area contributed by atoms with E-state index in [1.165, 1.54) is 42.3 Å². The van der Waals surface area contributed by atoms with Gasteiger partial charge in [0.2, 0.25) is 5.91 Å². The monoisotopic (exact) mass is 415 g/mol. The summed E-state index contributed by atoms with van der Waals surface area (Å²) in [6.45, 7) is 1.69. The van der Waals surface area contributed by atoms with Crippen molar-refractivity contribution in [3.05, 3.63) is 59.7 Å². The van der Waals surface area contributed by atoms with Gasteiger partial charge in [-0.3, -0.25) is 4.79 Å². The maximum absolute atomic E-state index is 12.5. The third-order valence-electron chi connectivity index (χ3n) is 4.00. The van der Waals surface area contributed by atoms with E-state index in [4.69, 9.17) is 0 Å². The molecule has 0 atom stereocenters. The summed E-state index contributed by atoms with van der Waals surface area (Å²) in [6, 6.07) is 11.8. The Kier molecular flexibility index (Phi) is 6.71. The van der Waals surface area contributed by atoms with Crippen molar-refractivity contribution in [1.82, 2.24) is 4.90 Å². The first-order valence-electron chi connectivity index (χ1n) is 8.35. The Balaban J connectivity index is 2.01. The number of halogens is 3. The molecule has 0 N–H and O–H groups in total. The van der Waals surface area contributed by atoms with Crippen LogP contribution >= 0.6 is 0 Å². The molecular weight excluding hydrogens is 395 g/mol. The quantitative estimate of drug-likeness (QED) is 0.692. The van der Waals surface area contributed by atoms with Crippen LogP contribution < -0.4 is 4.74 Å². The van der Waals surface area contributed by atoms with E-state index in [9.17, 15) is 26.4 Å². The van der Waals surface area contributed by atoms with Gasteiger partial charge in [0.1, 0.15) is 5.75 Å². The third-order valence-corrected chi connectivity index (χ3v) is 5.73. The lowest BCUT2D eigenvalue weighted by atomic mass is 10.2. The standard InChI is InChI=1S/C19H20F3NO4S/c1-14-7-9-16(10-8-14)28(25,26)12-11-18(24)23(2)13-15-5-3-4-6-17(15)27-19(20,21)22/h3-10H,11-13H2,1-2H3. The maximum atomic E-state index is 12.5. The highest BCUT2D eigenvalue weighted by Crippen LogP contribution is 2.27. The number of aryl methyl sites for hydroxylation is 1. The number of amides is 1. The van der Waals surface area contributed by atoms with Crippen LogP contribution in [0.1, 0.15) is 17.5 Å². The van der Waals surface area contributed by atoms with E-state index in [1.54, 1.807) is 12.1 Å². The Morgan fingerprint density at radius 2 is 1.68 bits per heavy atom. The summed E-state index contributed by atoms with van der Waals surface area (Å²) in [5.41, 5.74) is 1.08. The Morgan fingerprint density at radius 3 is 2.29 bits per heavy atom. The van der Waals surface area contributed by atoms with Gasteiger partial charge in [-0.1, -0.05) is 35.9 Å². The Hall–Kier alpha value is -2.55. The van der Waals surface area contributed by atoms with E-state index in [1.807, 2.05) is 6.92 Å². The van der Waals surface area contributed by atoms with Crippen molar-refractivity contribution in [3.63, 3.8) is 0 Å². The van der Waals surface area contributed by atoms with Crippen molar-refractivity contribution in [2.24, 2.45) is 0 Å². The van der Waals surface area contributed by atoms with E-state index < -0.39 is 27.9 Å². The molecule has 0 aliphatic rings. The number of nitrogens with zero attached hydrogens (tertiary/aromatic N) is 1. The van der Waals surface area contributed by atoms with Gasteiger partial charge in [0.05, 0.1) is 10.6 Å². The van der Waals surface area contributed by atoms with Gasteiger partial charge in [0.25, 0.3) is 0 Å². The van der Waals surface area contributed by atoms with Gasteiger partial charge < -0.3 is 9.64 Å². The average molecular weight is 415 g/mol. The van der Waals surface area contributed by atoms with Crippen molar-refractivity contribution in [2.45, 2.75) is 31.1 Å². The fourth-order valence-corrected chi connectivity index (χ4v) is 3.71. The van der Waals surface area contributed by atoms with Crippen molar-refractivity contribution < 1.29 is 31.1 Å². The molecule has 0 spiro atoms. The molecular formula is C19H20F3NO4S. The predicted octanol–water partition coefficient (Wildman–Crippen LogP) is 3.72. The zero-order valence-corrected chi connectivity index (χ0v) is 16.2. The second-order valence-corrected chi connectivity index (χ2v) is 8.40. The molecule has 2 rings (SSSR count). The number of carbonyl (C=O) groups excluding carboxylic acids is 1. The molecule has 28 heavy (non-hydrogen) atoms. The third kappa shape index (κ3) is 6.26. The number of ether oxygens (including phenoxy) is 1. The summed E-state index contributed by atoms with van der Waals surface area (Å²) < 4.78 is 66.1. The number of para-hydroxylation sites is 1. The van der Waals surface area contributed by atoms with E-state index in [0.717, 1.165) is 11.6 Å². The van der Waals surface area contributed by atoms with E-state index in [0.29, 0.717) is 0 Å². The minimum atomic E-state index is -4.85. The lowest BCUT2D eigenvalue weighted by Gasteiger charge is -2.20. The molecule has 152 valence electrons. The molecule has 0 saturated heterocycles. The number of rotatable bonds is 7. The van der Waals surface area contributed by atoms with Crippen LogP contribution in [0, 0.1) is 6.92 Å². The first kappa shape index (κ1) is 21.7. The van der Waals surface area contributed by atoms with Crippen LogP contribution in [0.15, 0.2) is 53.4 Å². The highest BCUT2D eigenvalue weighted by atomic mass is 32.2. The largest absolute Gasteiger partial charge is 0.573 e. The molecule has 0 unspecified atom stereocenters. The Morgan fingerprint density at radius 1 is 1.07 bits per heavy atom. The topological polar surface area (TPSA) is 63.7 Å². The fourth-order valence-electron chi connectivity index (χ4n) is 2.48. The fraction of sp³-hybridized carbons (Fsp3) is 0.316. The van der Waals surface area contributed by atoms with E-state index >= 15 is 0 Å². The first-order chi connectivity index (χ1) is 13.0. The first-order valence-corrected chi connectivity index (χ1v) is 10.0. The van der Waals surface area contributed by atoms with Gasteiger partial charge in [-0.2, -0.15) is 0 Å².